The van der Waals surface area contributed by atoms with Gasteiger partial charge in [-0.2, -0.15) is 0 Å². The zero-order chi connectivity index (χ0) is 14.5. The number of rotatable bonds is 5. The van der Waals surface area contributed by atoms with E-state index in [1.165, 1.54) is 6.07 Å². The van der Waals surface area contributed by atoms with Gasteiger partial charge in [-0.25, -0.2) is 4.39 Å². The van der Waals surface area contributed by atoms with E-state index in [2.05, 4.69) is 0 Å². The summed E-state index contributed by atoms with van der Waals surface area (Å²) in [5.74, 6) is -0.883. The van der Waals surface area contributed by atoms with Crippen LogP contribution in [0, 0.1) is 5.82 Å². The zero-order valence-electron chi connectivity index (χ0n) is 10.5. The van der Waals surface area contributed by atoms with E-state index in [1.54, 1.807) is 36.4 Å². The first-order chi connectivity index (χ1) is 9.56. The summed E-state index contributed by atoms with van der Waals surface area (Å²) in [6.45, 7) is 0.118. The van der Waals surface area contributed by atoms with Crippen molar-refractivity contribution in [3.63, 3.8) is 0 Å². The highest BCUT2D eigenvalue weighted by molar-refractivity contribution is 6.31. The summed E-state index contributed by atoms with van der Waals surface area (Å²) in [7, 11) is 0. The molecule has 2 rings (SSSR count). The molecule has 0 spiro atoms. The van der Waals surface area contributed by atoms with Crippen molar-refractivity contribution in [2.45, 2.75) is 13.0 Å². The number of aliphatic carboxylic acids is 1. The van der Waals surface area contributed by atoms with Gasteiger partial charge in [0.2, 0.25) is 0 Å². The van der Waals surface area contributed by atoms with Gasteiger partial charge in [0.25, 0.3) is 0 Å². The Labute approximate surface area is 120 Å². The van der Waals surface area contributed by atoms with Gasteiger partial charge in [0.15, 0.2) is 0 Å². The van der Waals surface area contributed by atoms with Crippen molar-refractivity contribution in [2.24, 2.45) is 0 Å². The van der Waals surface area contributed by atoms with Crippen LogP contribution in [0.25, 0.3) is 0 Å². The second-order valence-electron chi connectivity index (χ2n) is 4.22. The lowest BCUT2D eigenvalue weighted by Crippen LogP contribution is -2.01. The number of hydrogen-bond donors (Lipinski definition) is 1. The Bertz CT molecular complexity index is 628. The fraction of sp³-hybridized carbons (Fsp3) is 0.133. The molecule has 0 aliphatic carbocycles. The molecule has 2 aromatic rings. The van der Waals surface area contributed by atoms with E-state index in [-0.39, 0.29) is 18.1 Å². The summed E-state index contributed by atoms with van der Waals surface area (Å²) in [4.78, 5) is 10.6. The Morgan fingerprint density at radius 3 is 2.75 bits per heavy atom. The number of ether oxygens (including phenoxy) is 1. The van der Waals surface area contributed by atoms with Crippen LogP contribution >= 0.6 is 11.6 Å². The van der Waals surface area contributed by atoms with Crippen molar-refractivity contribution in [3.05, 3.63) is 64.4 Å². The lowest BCUT2D eigenvalue weighted by molar-refractivity contribution is -0.136. The van der Waals surface area contributed by atoms with E-state index in [0.29, 0.717) is 16.9 Å². The SMILES string of the molecule is O=C(O)Cc1cccc(OCc2cccc(F)c2Cl)c1. The van der Waals surface area contributed by atoms with Gasteiger partial charge in [0.1, 0.15) is 18.2 Å². The molecule has 0 radical (unpaired) electrons. The molecular formula is C15H12ClFO3. The molecule has 0 bridgehead atoms. The van der Waals surface area contributed by atoms with Crippen LogP contribution in [0.4, 0.5) is 4.39 Å². The number of hydrogen-bond acceptors (Lipinski definition) is 2. The van der Waals surface area contributed by atoms with Crippen LogP contribution in [0.5, 0.6) is 5.75 Å². The van der Waals surface area contributed by atoms with Gasteiger partial charge in [0, 0.05) is 5.56 Å². The van der Waals surface area contributed by atoms with Gasteiger partial charge in [0.05, 0.1) is 11.4 Å². The van der Waals surface area contributed by atoms with Crippen LogP contribution in [-0.4, -0.2) is 11.1 Å². The highest BCUT2D eigenvalue weighted by Gasteiger charge is 2.07. The second-order valence-corrected chi connectivity index (χ2v) is 4.60. The van der Waals surface area contributed by atoms with Crippen molar-refractivity contribution < 1.29 is 19.0 Å². The Hall–Kier alpha value is -2.07. The monoisotopic (exact) mass is 294 g/mol. The van der Waals surface area contributed by atoms with Crippen molar-refractivity contribution in [3.8, 4) is 5.75 Å². The molecule has 0 saturated heterocycles. The molecule has 20 heavy (non-hydrogen) atoms. The third kappa shape index (κ3) is 3.71. The number of carboxylic acid groups (broad SMARTS) is 1. The summed E-state index contributed by atoms with van der Waals surface area (Å²) in [5.41, 5.74) is 1.18. The van der Waals surface area contributed by atoms with E-state index in [4.69, 9.17) is 21.4 Å². The molecule has 5 heteroatoms. The molecule has 0 saturated carbocycles. The van der Waals surface area contributed by atoms with Crippen LogP contribution in [0.3, 0.4) is 0 Å². The van der Waals surface area contributed by atoms with Crippen LogP contribution in [0.1, 0.15) is 11.1 Å². The van der Waals surface area contributed by atoms with E-state index in [0.717, 1.165) is 0 Å². The fourth-order valence-corrected chi connectivity index (χ4v) is 1.92. The first-order valence-electron chi connectivity index (χ1n) is 5.92. The van der Waals surface area contributed by atoms with E-state index in [1.807, 2.05) is 0 Å². The largest absolute Gasteiger partial charge is 0.489 e. The highest BCUT2D eigenvalue weighted by atomic mass is 35.5. The maximum Gasteiger partial charge on any atom is 0.307 e. The van der Waals surface area contributed by atoms with Gasteiger partial charge < -0.3 is 9.84 Å². The summed E-state index contributed by atoms with van der Waals surface area (Å²) in [6, 6.07) is 11.3. The summed E-state index contributed by atoms with van der Waals surface area (Å²) >= 11 is 5.83. The lowest BCUT2D eigenvalue weighted by Gasteiger charge is -2.09. The number of benzene rings is 2. The van der Waals surface area contributed by atoms with Gasteiger partial charge in [-0.15, -0.1) is 0 Å². The minimum atomic E-state index is -0.907. The maximum absolute atomic E-state index is 13.3. The Balaban J connectivity index is 2.07. The van der Waals surface area contributed by atoms with E-state index >= 15 is 0 Å². The van der Waals surface area contributed by atoms with Gasteiger partial charge in [-0.3, -0.25) is 4.79 Å². The maximum atomic E-state index is 13.3. The Morgan fingerprint density at radius 1 is 1.25 bits per heavy atom. The van der Waals surface area contributed by atoms with Crippen molar-refractivity contribution in [2.75, 3.05) is 0 Å². The molecule has 0 atom stereocenters. The molecule has 0 aromatic heterocycles. The zero-order valence-corrected chi connectivity index (χ0v) is 11.2. The summed E-state index contributed by atoms with van der Waals surface area (Å²) in [6.07, 6.45) is -0.0715. The smallest absolute Gasteiger partial charge is 0.307 e. The third-order valence-electron chi connectivity index (χ3n) is 2.68. The highest BCUT2D eigenvalue weighted by Crippen LogP contribution is 2.22. The van der Waals surface area contributed by atoms with Crippen LogP contribution in [0.15, 0.2) is 42.5 Å². The first-order valence-corrected chi connectivity index (χ1v) is 6.30. The molecule has 0 aliphatic rings. The summed E-state index contributed by atoms with van der Waals surface area (Å²) in [5, 5.41) is 8.77. The van der Waals surface area contributed by atoms with Gasteiger partial charge >= 0.3 is 5.97 Å². The molecule has 0 unspecified atom stereocenters. The van der Waals surface area contributed by atoms with Crippen LogP contribution in [-0.2, 0) is 17.8 Å². The molecule has 2 aromatic carbocycles. The number of halogens is 2. The first kappa shape index (κ1) is 14.3. The molecule has 0 heterocycles. The molecule has 104 valence electrons. The molecule has 0 fully saturated rings. The Kier molecular flexibility index (Phi) is 4.58. The lowest BCUT2D eigenvalue weighted by atomic mass is 10.1. The van der Waals surface area contributed by atoms with Gasteiger partial charge in [-0.1, -0.05) is 35.9 Å². The average Bonchev–Trinajstić information content (AvgIpc) is 2.40. The second kappa shape index (κ2) is 6.39. The van der Waals surface area contributed by atoms with Crippen molar-refractivity contribution in [1.29, 1.82) is 0 Å². The van der Waals surface area contributed by atoms with Crippen molar-refractivity contribution in [1.82, 2.24) is 0 Å². The molecule has 3 nitrogen and oxygen atoms in total. The fourth-order valence-electron chi connectivity index (χ4n) is 1.74. The third-order valence-corrected chi connectivity index (χ3v) is 3.10. The average molecular weight is 295 g/mol. The number of carbonyl (C=O) groups is 1. The standard InChI is InChI=1S/C15H12ClFO3/c16-15-11(4-2-6-13(15)17)9-20-12-5-1-3-10(7-12)8-14(18)19/h1-7H,8-9H2,(H,18,19). The van der Waals surface area contributed by atoms with Crippen LogP contribution in [0.2, 0.25) is 5.02 Å². The minimum absolute atomic E-state index is 0.0363. The van der Waals surface area contributed by atoms with Crippen molar-refractivity contribution >= 4 is 17.6 Å². The van der Waals surface area contributed by atoms with E-state index < -0.39 is 11.8 Å². The van der Waals surface area contributed by atoms with E-state index in [9.17, 15) is 9.18 Å². The summed E-state index contributed by atoms with van der Waals surface area (Å²) < 4.78 is 18.8. The normalized spacial score (nSPS) is 10.3. The quantitative estimate of drug-likeness (QED) is 0.915. The van der Waals surface area contributed by atoms with Crippen LogP contribution < -0.4 is 4.74 Å². The minimum Gasteiger partial charge on any atom is -0.489 e. The Morgan fingerprint density at radius 2 is 2.00 bits per heavy atom. The molecule has 0 amide bonds. The van der Waals surface area contributed by atoms with Gasteiger partial charge in [-0.05, 0) is 23.8 Å². The number of carboxylic acids is 1. The molecule has 0 aliphatic heterocycles. The topological polar surface area (TPSA) is 46.5 Å². The molecular weight excluding hydrogens is 283 g/mol. The predicted octanol–water partition coefficient (Wildman–Crippen LogP) is 3.69. The molecule has 1 N–H and O–H groups in total. The predicted molar refractivity (Wildman–Crippen MR) is 73.5 cm³/mol.